The Bertz CT molecular complexity index is 1110. The predicted molar refractivity (Wildman–Crippen MR) is 127 cm³/mol. The number of carbonyl (C=O) groups excluding carboxylic acids is 2. The summed E-state index contributed by atoms with van der Waals surface area (Å²) in [4.78, 5) is 25.6. The largest absolute Gasteiger partial charge is 0.497 e. The van der Waals surface area contributed by atoms with Crippen LogP contribution in [0.4, 0.5) is 17.1 Å². The van der Waals surface area contributed by atoms with Gasteiger partial charge >= 0.3 is 0 Å². The van der Waals surface area contributed by atoms with Crippen LogP contribution in [0, 0.1) is 11.3 Å². The molecular weight excluding hydrogens is 424 g/mol. The number of anilines is 3. The first-order valence-electron chi connectivity index (χ1n) is 9.77. The van der Waals surface area contributed by atoms with Crippen molar-refractivity contribution in [3.05, 3.63) is 78.4 Å². The van der Waals surface area contributed by atoms with E-state index in [4.69, 9.17) is 10.00 Å². The summed E-state index contributed by atoms with van der Waals surface area (Å²) in [6.07, 6.45) is 0. The van der Waals surface area contributed by atoms with Crippen LogP contribution in [-0.4, -0.2) is 31.2 Å². The Morgan fingerprint density at radius 3 is 2.31 bits per heavy atom. The van der Waals surface area contributed by atoms with Crippen molar-refractivity contribution in [1.82, 2.24) is 0 Å². The standard InChI is InChI=1S/C24H22N4O3S/c1-31-20-12-10-19(11-13-20)27-24(30)17-6-8-18(9-7-17)26-16-23(29)28-21-4-2-3-5-22(21)32-15-14-25/h2-13,26H,15-16H2,1H3,(H,27,30)(H,28,29). The van der Waals surface area contributed by atoms with E-state index in [0.29, 0.717) is 34.1 Å². The lowest BCUT2D eigenvalue weighted by Gasteiger charge is -2.11. The summed E-state index contributed by atoms with van der Waals surface area (Å²) < 4.78 is 5.11. The van der Waals surface area contributed by atoms with Crippen molar-refractivity contribution < 1.29 is 14.3 Å². The maximum Gasteiger partial charge on any atom is 0.255 e. The van der Waals surface area contributed by atoms with Crippen molar-refractivity contribution in [1.29, 1.82) is 5.26 Å². The molecule has 0 aromatic heterocycles. The van der Waals surface area contributed by atoms with Gasteiger partial charge in [0.05, 0.1) is 31.2 Å². The van der Waals surface area contributed by atoms with Crippen molar-refractivity contribution in [3.8, 4) is 11.8 Å². The molecule has 0 aliphatic heterocycles. The van der Waals surface area contributed by atoms with Gasteiger partial charge in [-0.15, -0.1) is 11.8 Å². The molecule has 3 aromatic carbocycles. The fraction of sp³-hybridized carbons (Fsp3) is 0.125. The molecule has 32 heavy (non-hydrogen) atoms. The van der Waals surface area contributed by atoms with Crippen molar-refractivity contribution in [2.24, 2.45) is 0 Å². The van der Waals surface area contributed by atoms with E-state index in [1.54, 1.807) is 61.7 Å². The van der Waals surface area contributed by atoms with Crippen LogP contribution in [0.15, 0.2) is 77.7 Å². The molecule has 0 aliphatic rings. The molecule has 0 saturated heterocycles. The molecule has 162 valence electrons. The molecule has 0 spiro atoms. The summed E-state index contributed by atoms with van der Waals surface area (Å²) in [7, 11) is 1.59. The topological polar surface area (TPSA) is 103 Å². The Balaban J connectivity index is 1.51. The second-order valence-electron chi connectivity index (χ2n) is 6.60. The molecule has 0 atom stereocenters. The fourth-order valence-electron chi connectivity index (χ4n) is 2.80. The lowest BCUT2D eigenvalue weighted by Crippen LogP contribution is -2.22. The Kier molecular flexibility index (Phi) is 8.12. The highest BCUT2D eigenvalue weighted by Crippen LogP contribution is 2.26. The number of hydrogen-bond donors (Lipinski definition) is 3. The first-order valence-corrected chi connectivity index (χ1v) is 10.8. The monoisotopic (exact) mass is 446 g/mol. The van der Waals surface area contributed by atoms with Crippen molar-refractivity contribution in [2.45, 2.75) is 4.90 Å². The molecule has 3 N–H and O–H groups in total. The molecule has 0 bridgehead atoms. The second kappa shape index (κ2) is 11.4. The number of methoxy groups -OCH3 is 1. The summed E-state index contributed by atoms with van der Waals surface area (Å²) in [5.41, 5.74) is 2.56. The van der Waals surface area contributed by atoms with Gasteiger partial charge < -0.3 is 20.7 Å². The van der Waals surface area contributed by atoms with Gasteiger partial charge in [0.15, 0.2) is 0 Å². The lowest BCUT2D eigenvalue weighted by molar-refractivity contribution is -0.114. The SMILES string of the molecule is COc1ccc(NC(=O)c2ccc(NCC(=O)Nc3ccccc3SCC#N)cc2)cc1. The number of amides is 2. The van der Waals surface area contributed by atoms with E-state index in [-0.39, 0.29) is 18.4 Å². The third kappa shape index (κ3) is 6.52. The molecule has 8 heteroatoms. The van der Waals surface area contributed by atoms with Crippen LogP contribution in [0.5, 0.6) is 5.75 Å². The van der Waals surface area contributed by atoms with Gasteiger partial charge in [0, 0.05) is 21.8 Å². The second-order valence-corrected chi connectivity index (χ2v) is 7.62. The summed E-state index contributed by atoms with van der Waals surface area (Å²) in [6, 6.07) is 23.4. The molecule has 2 amide bonds. The van der Waals surface area contributed by atoms with E-state index < -0.39 is 0 Å². The van der Waals surface area contributed by atoms with E-state index >= 15 is 0 Å². The van der Waals surface area contributed by atoms with Gasteiger partial charge in [0.2, 0.25) is 5.91 Å². The van der Waals surface area contributed by atoms with E-state index in [9.17, 15) is 9.59 Å². The van der Waals surface area contributed by atoms with Gasteiger partial charge in [-0.2, -0.15) is 5.26 Å². The summed E-state index contributed by atoms with van der Waals surface area (Å²) in [6.45, 7) is 0.0641. The van der Waals surface area contributed by atoms with Gasteiger partial charge in [0.1, 0.15) is 5.75 Å². The number of nitriles is 1. The Hall–Kier alpha value is -3.96. The van der Waals surface area contributed by atoms with Gasteiger partial charge in [-0.25, -0.2) is 0 Å². The highest BCUT2D eigenvalue weighted by Gasteiger charge is 2.09. The zero-order valence-electron chi connectivity index (χ0n) is 17.4. The third-order valence-electron chi connectivity index (χ3n) is 4.40. The molecule has 0 aliphatic carbocycles. The molecule has 0 unspecified atom stereocenters. The number of hydrogen-bond acceptors (Lipinski definition) is 6. The minimum absolute atomic E-state index is 0.0641. The average molecular weight is 447 g/mol. The molecule has 0 heterocycles. The van der Waals surface area contributed by atoms with Crippen LogP contribution >= 0.6 is 11.8 Å². The zero-order chi connectivity index (χ0) is 22.8. The van der Waals surface area contributed by atoms with Crippen molar-refractivity contribution in [3.63, 3.8) is 0 Å². The van der Waals surface area contributed by atoms with Crippen LogP contribution in [0.2, 0.25) is 0 Å². The normalized spacial score (nSPS) is 10.0. The molecule has 0 fully saturated rings. The number of carbonyl (C=O) groups is 2. The molecule has 3 aromatic rings. The number of nitrogens with one attached hydrogen (secondary N) is 3. The van der Waals surface area contributed by atoms with Gasteiger partial charge in [-0.05, 0) is 60.7 Å². The maximum absolute atomic E-state index is 12.4. The molecule has 7 nitrogen and oxygen atoms in total. The smallest absolute Gasteiger partial charge is 0.255 e. The van der Waals surface area contributed by atoms with Crippen LogP contribution in [0.3, 0.4) is 0 Å². The van der Waals surface area contributed by atoms with Gasteiger partial charge in [-0.1, -0.05) is 12.1 Å². The van der Waals surface area contributed by atoms with E-state index in [1.165, 1.54) is 11.8 Å². The van der Waals surface area contributed by atoms with Crippen molar-refractivity contribution in [2.75, 3.05) is 35.4 Å². The minimum atomic E-state index is -0.231. The van der Waals surface area contributed by atoms with E-state index in [0.717, 1.165) is 4.90 Å². The Morgan fingerprint density at radius 2 is 1.62 bits per heavy atom. The highest BCUT2D eigenvalue weighted by molar-refractivity contribution is 7.99. The first-order chi connectivity index (χ1) is 15.6. The van der Waals surface area contributed by atoms with E-state index in [2.05, 4.69) is 22.0 Å². The quantitative estimate of drug-likeness (QED) is 0.415. The minimum Gasteiger partial charge on any atom is -0.497 e. The summed E-state index contributed by atoms with van der Waals surface area (Å²) in [5.74, 6) is 0.581. The summed E-state index contributed by atoms with van der Waals surface area (Å²) in [5, 5.41) is 17.5. The first kappa shape index (κ1) is 22.7. The van der Waals surface area contributed by atoms with Crippen LogP contribution in [-0.2, 0) is 4.79 Å². The Morgan fingerprint density at radius 1 is 0.938 bits per heavy atom. The maximum atomic E-state index is 12.4. The number of para-hydroxylation sites is 1. The molecular formula is C24H22N4O3S. The highest BCUT2D eigenvalue weighted by atomic mass is 32.2. The third-order valence-corrected chi connectivity index (χ3v) is 5.34. The van der Waals surface area contributed by atoms with Gasteiger partial charge in [0.25, 0.3) is 5.91 Å². The Labute approximate surface area is 190 Å². The van der Waals surface area contributed by atoms with Crippen molar-refractivity contribution >= 4 is 40.6 Å². The zero-order valence-corrected chi connectivity index (χ0v) is 18.2. The molecule has 3 rings (SSSR count). The number of benzene rings is 3. The number of ether oxygens (including phenoxy) is 1. The lowest BCUT2D eigenvalue weighted by atomic mass is 10.2. The number of thioether (sulfide) groups is 1. The molecule has 0 radical (unpaired) electrons. The summed E-state index contributed by atoms with van der Waals surface area (Å²) >= 11 is 1.37. The fourth-order valence-corrected chi connectivity index (χ4v) is 3.47. The van der Waals surface area contributed by atoms with E-state index in [1.807, 2.05) is 18.2 Å². The van der Waals surface area contributed by atoms with Crippen LogP contribution < -0.4 is 20.7 Å². The van der Waals surface area contributed by atoms with Gasteiger partial charge in [-0.3, -0.25) is 9.59 Å². The number of rotatable bonds is 9. The molecule has 0 saturated carbocycles. The number of nitrogens with zero attached hydrogens (tertiary/aromatic N) is 1. The van der Waals surface area contributed by atoms with Crippen LogP contribution in [0.25, 0.3) is 0 Å². The van der Waals surface area contributed by atoms with Crippen LogP contribution in [0.1, 0.15) is 10.4 Å². The average Bonchev–Trinajstić information content (AvgIpc) is 2.83. The predicted octanol–water partition coefficient (Wildman–Crippen LogP) is 4.61.